The van der Waals surface area contributed by atoms with E-state index in [1.165, 1.54) is 18.9 Å². The van der Waals surface area contributed by atoms with Crippen molar-refractivity contribution >= 4 is 11.4 Å². The summed E-state index contributed by atoms with van der Waals surface area (Å²) < 4.78 is 26.3. The highest BCUT2D eigenvalue weighted by molar-refractivity contribution is 5.66. The van der Waals surface area contributed by atoms with Crippen LogP contribution in [0.25, 0.3) is 0 Å². The number of hydrogen-bond acceptors (Lipinski definition) is 3. The molecule has 1 aromatic rings. The molecule has 0 radical (unpaired) electrons. The molecule has 1 aliphatic rings. The van der Waals surface area contributed by atoms with Crippen LogP contribution >= 0.6 is 0 Å². The smallest absolute Gasteiger partial charge is 0.151 e. The fourth-order valence-corrected chi connectivity index (χ4v) is 1.97. The monoisotopic (exact) mass is 255 g/mol. The molecule has 18 heavy (non-hydrogen) atoms. The van der Waals surface area contributed by atoms with Crippen LogP contribution in [0.2, 0.25) is 0 Å². The second-order valence-electron chi connectivity index (χ2n) is 4.98. The molecule has 1 aromatic carbocycles. The van der Waals surface area contributed by atoms with E-state index in [1.807, 2.05) is 0 Å². The van der Waals surface area contributed by atoms with Gasteiger partial charge in [0.1, 0.15) is 5.82 Å². The highest BCUT2D eigenvalue weighted by Crippen LogP contribution is 2.27. The lowest BCUT2D eigenvalue weighted by molar-refractivity contribution is 0.257. The molecule has 1 atom stereocenters. The summed E-state index contributed by atoms with van der Waals surface area (Å²) in [5, 5.41) is 3.01. The number of nitrogen functional groups attached to an aromatic ring is 1. The summed E-state index contributed by atoms with van der Waals surface area (Å²) in [6, 6.07) is 2.97. The summed E-state index contributed by atoms with van der Waals surface area (Å²) in [5.74, 6) is -1.34. The van der Waals surface area contributed by atoms with Crippen LogP contribution in [0.3, 0.4) is 0 Å². The van der Waals surface area contributed by atoms with Crippen LogP contribution in [-0.2, 0) is 0 Å². The second kappa shape index (κ2) is 5.10. The number of likely N-dealkylation sites (N-methyl/N-ethyl adjacent to an activating group) is 1. The molecule has 0 bridgehead atoms. The van der Waals surface area contributed by atoms with Crippen molar-refractivity contribution in [1.82, 2.24) is 4.90 Å². The van der Waals surface area contributed by atoms with Crippen molar-refractivity contribution in [3.05, 3.63) is 23.8 Å². The largest absolute Gasteiger partial charge is 0.395 e. The fraction of sp³-hybridized carbons (Fsp3) is 0.538. The first-order chi connectivity index (χ1) is 8.49. The lowest BCUT2D eigenvalue weighted by atomic mass is 10.2. The number of halogens is 2. The molecule has 0 spiro atoms. The minimum absolute atomic E-state index is 0.0299. The van der Waals surface area contributed by atoms with Crippen molar-refractivity contribution in [3.8, 4) is 0 Å². The van der Waals surface area contributed by atoms with Gasteiger partial charge in [-0.05, 0) is 32.9 Å². The minimum atomic E-state index is -0.722. The number of hydrogen-bond donors (Lipinski definition) is 2. The Labute approximate surface area is 106 Å². The molecule has 0 aliphatic heterocycles. The van der Waals surface area contributed by atoms with E-state index in [4.69, 9.17) is 5.73 Å². The number of anilines is 2. The Morgan fingerprint density at radius 2 is 2.11 bits per heavy atom. The Kier molecular flexibility index (Phi) is 3.71. The van der Waals surface area contributed by atoms with Crippen LogP contribution < -0.4 is 11.1 Å². The Bertz CT molecular complexity index is 432. The van der Waals surface area contributed by atoms with Gasteiger partial charge in [0, 0.05) is 24.7 Å². The number of benzene rings is 1. The van der Waals surface area contributed by atoms with Gasteiger partial charge in [0.05, 0.1) is 11.4 Å². The summed E-state index contributed by atoms with van der Waals surface area (Å²) in [6.07, 6.45) is 2.47. The van der Waals surface area contributed by atoms with Gasteiger partial charge in [0.2, 0.25) is 0 Å². The van der Waals surface area contributed by atoms with E-state index in [-0.39, 0.29) is 5.69 Å². The zero-order valence-electron chi connectivity index (χ0n) is 10.7. The Morgan fingerprint density at radius 3 is 2.72 bits per heavy atom. The molecule has 0 heterocycles. The van der Waals surface area contributed by atoms with Crippen LogP contribution in [0.4, 0.5) is 20.2 Å². The van der Waals surface area contributed by atoms with Gasteiger partial charge in [-0.2, -0.15) is 0 Å². The standard InChI is InChI=1S/C13H19F2N3/c1-8(18(2)10-3-4-10)7-17-12-6-9(14)5-11(15)13(12)16/h5-6,8,10,17H,3-4,7,16H2,1-2H3. The van der Waals surface area contributed by atoms with Gasteiger partial charge in [-0.3, -0.25) is 4.90 Å². The van der Waals surface area contributed by atoms with E-state index in [0.29, 0.717) is 24.3 Å². The first-order valence-electron chi connectivity index (χ1n) is 6.19. The average Bonchev–Trinajstić information content (AvgIpc) is 3.14. The predicted molar refractivity (Wildman–Crippen MR) is 69.5 cm³/mol. The maximum Gasteiger partial charge on any atom is 0.151 e. The maximum atomic E-state index is 13.2. The van der Waals surface area contributed by atoms with E-state index in [9.17, 15) is 8.78 Å². The van der Waals surface area contributed by atoms with Gasteiger partial charge >= 0.3 is 0 Å². The van der Waals surface area contributed by atoms with Crippen LogP contribution in [0.15, 0.2) is 12.1 Å². The number of rotatable bonds is 5. The lowest BCUT2D eigenvalue weighted by Crippen LogP contribution is -2.36. The Hall–Kier alpha value is -1.36. The minimum Gasteiger partial charge on any atom is -0.395 e. The van der Waals surface area contributed by atoms with Crippen molar-refractivity contribution in [3.63, 3.8) is 0 Å². The third kappa shape index (κ3) is 2.90. The van der Waals surface area contributed by atoms with E-state index in [0.717, 1.165) is 6.07 Å². The van der Waals surface area contributed by atoms with E-state index < -0.39 is 11.6 Å². The molecule has 0 aromatic heterocycles. The van der Waals surface area contributed by atoms with Gasteiger partial charge < -0.3 is 11.1 Å². The molecule has 100 valence electrons. The van der Waals surface area contributed by atoms with Crippen molar-refractivity contribution in [1.29, 1.82) is 0 Å². The quantitative estimate of drug-likeness (QED) is 0.794. The highest BCUT2D eigenvalue weighted by Gasteiger charge is 2.28. The normalized spacial score (nSPS) is 16.9. The second-order valence-corrected chi connectivity index (χ2v) is 4.98. The van der Waals surface area contributed by atoms with Crippen LogP contribution in [0.1, 0.15) is 19.8 Å². The van der Waals surface area contributed by atoms with E-state index in [1.54, 1.807) is 0 Å². The van der Waals surface area contributed by atoms with Gasteiger partial charge in [-0.1, -0.05) is 0 Å². The molecular formula is C13H19F2N3. The topological polar surface area (TPSA) is 41.3 Å². The summed E-state index contributed by atoms with van der Waals surface area (Å²) in [5.41, 5.74) is 5.86. The van der Waals surface area contributed by atoms with Crippen molar-refractivity contribution in [2.45, 2.75) is 31.8 Å². The van der Waals surface area contributed by atoms with Gasteiger partial charge in [-0.25, -0.2) is 8.78 Å². The Morgan fingerprint density at radius 1 is 1.44 bits per heavy atom. The third-order valence-electron chi connectivity index (χ3n) is 3.50. The average molecular weight is 255 g/mol. The van der Waals surface area contributed by atoms with Crippen LogP contribution in [-0.4, -0.2) is 30.6 Å². The molecule has 1 fully saturated rings. The zero-order chi connectivity index (χ0) is 13.3. The molecule has 2 rings (SSSR count). The number of nitrogens with zero attached hydrogens (tertiary/aromatic N) is 1. The zero-order valence-corrected chi connectivity index (χ0v) is 10.7. The molecule has 3 nitrogen and oxygen atoms in total. The SMILES string of the molecule is CC(CNc1cc(F)cc(F)c1N)N(C)C1CC1. The first kappa shape index (κ1) is 13.1. The van der Waals surface area contributed by atoms with Crippen LogP contribution in [0.5, 0.6) is 0 Å². The molecular weight excluding hydrogens is 236 g/mol. The number of nitrogens with one attached hydrogen (secondary N) is 1. The number of nitrogens with two attached hydrogens (primary N) is 1. The molecule has 1 unspecified atom stereocenters. The van der Waals surface area contributed by atoms with E-state index in [2.05, 4.69) is 24.2 Å². The highest BCUT2D eigenvalue weighted by atomic mass is 19.1. The summed E-state index contributed by atoms with van der Waals surface area (Å²) in [4.78, 5) is 2.28. The molecule has 5 heteroatoms. The van der Waals surface area contributed by atoms with Crippen molar-refractivity contribution in [2.75, 3.05) is 24.6 Å². The maximum absolute atomic E-state index is 13.2. The molecule has 0 saturated heterocycles. The Balaban J connectivity index is 1.97. The first-order valence-corrected chi connectivity index (χ1v) is 6.19. The molecule has 1 saturated carbocycles. The molecule has 1 aliphatic carbocycles. The van der Waals surface area contributed by atoms with Gasteiger partial charge in [-0.15, -0.1) is 0 Å². The third-order valence-corrected chi connectivity index (χ3v) is 3.50. The van der Waals surface area contributed by atoms with E-state index >= 15 is 0 Å². The van der Waals surface area contributed by atoms with Gasteiger partial charge in [0.25, 0.3) is 0 Å². The lowest BCUT2D eigenvalue weighted by Gasteiger charge is -2.25. The van der Waals surface area contributed by atoms with Gasteiger partial charge in [0.15, 0.2) is 5.82 Å². The summed E-state index contributed by atoms with van der Waals surface area (Å²) >= 11 is 0. The molecule has 0 amide bonds. The van der Waals surface area contributed by atoms with Crippen LogP contribution in [0, 0.1) is 11.6 Å². The summed E-state index contributed by atoms with van der Waals surface area (Å²) in [7, 11) is 2.07. The van der Waals surface area contributed by atoms with Crippen molar-refractivity contribution in [2.24, 2.45) is 0 Å². The fourth-order valence-electron chi connectivity index (χ4n) is 1.97. The summed E-state index contributed by atoms with van der Waals surface area (Å²) in [6.45, 7) is 2.69. The molecule has 3 N–H and O–H groups in total. The van der Waals surface area contributed by atoms with Crippen molar-refractivity contribution < 1.29 is 8.78 Å². The predicted octanol–water partition coefficient (Wildman–Crippen LogP) is 2.44.